The van der Waals surface area contributed by atoms with Gasteiger partial charge in [-0.05, 0) is 30.7 Å². The summed E-state index contributed by atoms with van der Waals surface area (Å²) in [5.41, 5.74) is 9.11. The smallest absolute Gasteiger partial charge is 0.127 e. The molecular weight excluding hydrogens is 240 g/mol. The van der Waals surface area contributed by atoms with Gasteiger partial charge in [0, 0.05) is 17.8 Å². The average molecular weight is 258 g/mol. The van der Waals surface area contributed by atoms with Crippen molar-refractivity contribution in [2.75, 3.05) is 14.2 Å². The Labute approximate surface area is 113 Å². The molecule has 4 nitrogen and oxygen atoms in total. The molecular formula is C15H18N2O2. The molecule has 100 valence electrons. The molecule has 2 N–H and O–H groups in total. The molecule has 4 heteroatoms. The fourth-order valence-corrected chi connectivity index (χ4v) is 2.05. The number of rotatable bonds is 4. The topological polar surface area (TPSA) is 57.4 Å². The Kier molecular flexibility index (Phi) is 4.02. The van der Waals surface area contributed by atoms with Crippen LogP contribution in [0.1, 0.15) is 22.9 Å². The van der Waals surface area contributed by atoms with Crippen LogP contribution in [0.2, 0.25) is 0 Å². The number of nitrogens with zero attached hydrogens (tertiary/aromatic N) is 1. The molecule has 2 aromatic rings. The highest BCUT2D eigenvalue weighted by Crippen LogP contribution is 2.31. The van der Waals surface area contributed by atoms with Crippen LogP contribution in [0.3, 0.4) is 0 Å². The number of hydrogen-bond donors (Lipinski definition) is 1. The van der Waals surface area contributed by atoms with Crippen LogP contribution < -0.4 is 15.2 Å². The molecule has 1 unspecified atom stereocenters. The highest BCUT2D eigenvalue weighted by molar-refractivity contribution is 5.45. The van der Waals surface area contributed by atoms with Crippen LogP contribution in [0, 0.1) is 6.92 Å². The summed E-state index contributed by atoms with van der Waals surface area (Å²) in [6.45, 7) is 2.00. The normalized spacial score (nSPS) is 12.0. The van der Waals surface area contributed by atoms with Gasteiger partial charge in [0.15, 0.2) is 0 Å². The number of ether oxygens (including phenoxy) is 2. The van der Waals surface area contributed by atoms with E-state index in [9.17, 15) is 0 Å². The number of pyridine rings is 1. The van der Waals surface area contributed by atoms with Crippen molar-refractivity contribution >= 4 is 0 Å². The summed E-state index contributed by atoms with van der Waals surface area (Å²) in [5.74, 6) is 1.45. The average Bonchev–Trinajstić information content (AvgIpc) is 2.46. The maximum Gasteiger partial charge on any atom is 0.127 e. The second-order valence-electron chi connectivity index (χ2n) is 4.29. The lowest BCUT2D eigenvalue weighted by atomic mass is 10.00. The van der Waals surface area contributed by atoms with Gasteiger partial charge in [0.2, 0.25) is 0 Å². The fourth-order valence-electron chi connectivity index (χ4n) is 2.05. The first-order chi connectivity index (χ1) is 9.17. The molecule has 0 aliphatic carbocycles. The zero-order chi connectivity index (χ0) is 13.8. The standard InChI is InChI=1S/C15H18N2O2/c1-10-5-4-8-17-15(10)14(16)12-7-6-11(18-2)9-13(12)19-3/h4-9,14H,16H2,1-3H3. The van der Waals surface area contributed by atoms with Gasteiger partial charge in [0.1, 0.15) is 11.5 Å². The minimum Gasteiger partial charge on any atom is -0.497 e. The quantitative estimate of drug-likeness (QED) is 0.915. The Morgan fingerprint density at radius 2 is 1.95 bits per heavy atom. The summed E-state index contributed by atoms with van der Waals surface area (Å²) >= 11 is 0. The van der Waals surface area contributed by atoms with Crippen LogP contribution in [0.4, 0.5) is 0 Å². The molecule has 0 fully saturated rings. The lowest BCUT2D eigenvalue weighted by Gasteiger charge is -2.17. The van der Waals surface area contributed by atoms with Crippen LogP contribution in [0.5, 0.6) is 11.5 Å². The molecule has 1 aromatic heterocycles. The van der Waals surface area contributed by atoms with Crippen molar-refractivity contribution in [3.05, 3.63) is 53.3 Å². The lowest BCUT2D eigenvalue weighted by Crippen LogP contribution is -2.16. The minimum atomic E-state index is -0.318. The minimum absolute atomic E-state index is 0.318. The molecule has 1 atom stereocenters. The van der Waals surface area contributed by atoms with Crippen molar-refractivity contribution in [2.45, 2.75) is 13.0 Å². The highest BCUT2D eigenvalue weighted by Gasteiger charge is 2.17. The zero-order valence-electron chi connectivity index (χ0n) is 11.4. The highest BCUT2D eigenvalue weighted by atomic mass is 16.5. The van der Waals surface area contributed by atoms with Gasteiger partial charge < -0.3 is 15.2 Å². The van der Waals surface area contributed by atoms with Gasteiger partial charge in [-0.3, -0.25) is 4.98 Å². The monoisotopic (exact) mass is 258 g/mol. The van der Waals surface area contributed by atoms with E-state index in [0.29, 0.717) is 5.75 Å². The van der Waals surface area contributed by atoms with E-state index in [0.717, 1.165) is 22.6 Å². The fraction of sp³-hybridized carbons (Fsp3) is 0.267. The maximum atomic E-state index is 6.30. The third kappa shape index (κ3) is 2.69. The van der Waals surface area contributed by atoms with E-state index in [2.05, 4.69) is 4.98 Å². The first-order valence-electron chi connectivity index (χ1n) is 6.06. The number of methoxy groups -OCH3 is 2. The number of hydrogen-bond acceptors (Lipinski definition) is 4. The van der Waals surface area contributed by atoms with Crippen molar-refractivity contribution in [1.29, 1.82) is 0 Å². The molecule has 0 bridgehead atoms. The van der Waals surface area contributed by atoms with Crippen molar-refractivity contribution in [1.82, 2.24) is 4.98 Å². The maximum absolute atomic E-state index is 6.30. The first kappa shape index (κ1) is 13.4. The van der Waals surface area contributed by atoms with Gasteiger partial charge in [-0.2, -0.15) is 0 Å². The van der Waals surface area contributed by atoms with Gasteiger partial charge in [-0.15, -0.1) is 0 Å². The predicted molar refractivity (Wildman–Crippen MR) is 74.6 cm³/mol. The number of aryl methyl sites for hydroxylation is 1. The summed E-state index contributed by atoms with van der Waals surface area (Å²) in [5, 5.41) is 0. The molecule has 0 spiro atoms. The largest absolute Gasteiger partial charge is 0.497 e. The Hall–Kier alpha value is -2.07. The van der Waals surface area contributed by atoms with Gasteiger partial charge in [-0.1, -0.05) is 6.07 Å². The predicted octanol–water partition coefficient (Wildman–Crippen LogP) is 2.46. The van der Waals surface area contributed by atoms with E-state index >= 15 is 0 Å². The molecule has 0 amide bonds. The van der Waals surface area contributed by atoms with Crippen LogP contribution in [0.15, 0.2) is 36.5 Å². The third-order valence-electron chi connectivity index (χ3n) is 3.12. The Bertz CT molecular complexity index is 570. The van der Waals surface area contributed by atoms with Gasteiger partial charge in [0.05, 0.1) is 26.0 Å². The van der Waals surface area contributed by atoms with E-state index in [1.807, 2.05) is 37.3 Å². The first-order valence-corrected chi connectivity index (χ1v) is 6.06. The van der Waals surface area contributed by atoms with Crippen LogP contribution >= 0.6 is 0 Å². The van der Waals surface area contributed by atoms with Crippen molar-refractivity contribution in [3.8, 4) is 11.5 Å². The molecule has 19 heavy (non-hydrogen) atoms. The van der Waals surface area contributed by atoms with Gasteiger partial charge in [-0.25, -0.2) is 0 Å². The number of benzene rings is 1. The molecule has 1 aromatic carbocycles. The van der Waals surface area contributed by atoms with E-state index in [1.54, 1.807) is 20.4 Å². The second kappa shape index (κ2) is 5.71. The molecule has 0 saturated carbocycles. The van der Waals surface area contributed by atoms with E-state index in [4.69, 9.17) is 15.2 Å². The molecule has 0 aliphatic heterocycles. The summed E-state index contributed by atoms with van der Waals surface area (Å²) in [6.07, 6.45) is 1.75. The van der Waals surface area contributed by atoms with Gasteiger partial charge in [0.25, 0.3) is 0 Å². The molecule has 0 radical (unpaired) electrons. The SMILES string of the molecule is COc1ccc(C(N)c2ncccc2C)c(OC)c1. The molecule has 0 aliphatic rings. The van der Waals surface area contributed by atoms with Crippen LogP contribution in [0.25, 0.3) is 0 Å². The Morgan fingerprint density at radius 3 is 2.58 bits per heavy atom. The van der Waals surface area contributed by atoms with Crippen LogP contribution in [-0.4, -0.2) is 19.2 Å². The van der Waals surface area contributed by atoms with Crippen molar-refractivity contribution < 1.29 is 9.47 Å². The zero-order valence-corrected chi connectivity index (χ0v) is 11.4. The number of aromatic nitrogens is 1. The summed E-state index contributed by atoms with van der Waals surface area (Å²) in [4.78, 5) is 4.36. The molecule has 0 saturated heterocycles. The summed E-state index contributed by atoms with van der Waals surface area (Å²) in [6, 6.07) is 9.19. The molecule has 1 heterocycles. The number of nitrogens with two attached hydrogens (primary N) is 1. The second-order valence-corrected chi connectivity index (χ2v) is 4.29. The van der Waals surface area contributed by atoms with E-state index in [-0.39, 0.29) is 6.04 Å². The van der Waals surface area contributed by atoms with Gasteiger partial charge >= 0.3 is 0 Å². The molecule has 2 rings (SSSR count). The lowest BCUT2D eigenvalue weighted by molar-refractivity contribution is 0.389. The van der Waals surface area contributed by atoms with Crippen molar-refractivity contribution in [2.24, 2.45) is 5.73 Å². The van der Waals surface area contributed by atoms with E-state index < -0.39 is 0 Å². The van der Waals surface area contributed by atoms with E-state index in [1.165, 1.54) is 0 Å². The Balaban J connectivity index is 2.44. The summed E-state index contributed by atoms with van der Waals surface area (Å²) in [7, 11) is 3.24. The third-order valence-corrected chi connectivity index (χ3v) is 3.12. The van der Waals surface area contributed by atoms with Crippen LogP contribution in [-0.2, 0) is 0 Å². The summed E-state index contributed by atoms with van der Waals surface area (Å²) < 4.78 is 10.6. The Morgan fingerprint density at radius 1 is 1.16 bits per heavy atom. The van der Waals surface area contributed by atoms with Crippen molar-refractivity contribution in [3.63, 3.8) is 0 Å².